The normalized spacial score (nSPS) is 10.6. The van der Waals surface area contributed by atoms with E-state index < -0.39 is 5.60 Å². The van der Waals surface area contributed by atoms with Crippen molar-refractivity contribution in [1.29, 1.82) is 0 Å². The van der Waals surface area contributed by atoms with E-state index in [1.807, 2.05) is 0 Å². The van der Waals surface area contributed by atoms with Gasteiger partial charge < -0.3 is 10.2 Å². The Hall–Kier alpha value is -1.32. The minimum Gasteiger partial charge on any atom is -0.457 e. The fourth-order valence-corrected chi connectivity index (χ4v) is 1.20. The molecule has 0 amide bonds. The van der Waals surface area contributed by atoms with Gasteiger partial charge in [-0.1, -0.05) is 5.92 Å². The quantitative estimate of drug-likeness (QED) is 0.492. The van der Waals surface area contributed by atoms with Crippen LogP contribution in [0.1, 0.15) is 13.8 Å². The van der Waals surface area contributed by atoms with Crippen LogP contribution in [0, 0.1) is 12.3 Å². The van der Waals surface area contributed by atoms with E-state index in [0.29, 0.717) is 16.2 Å². The molecule has 0 unspecified atom stereocenters. The third kappa shape index (κ3) is 2.81. The van der Waals surface area contributed by atoms with Gasteiger partial charge in [0.05, 0.1) is 0 Å². The zero-order chi connectivity index (χ0) is 11.5. The number of hydrogen-bond acceptors (Lipinski definition) is 5. The molecule has 0 fully saturated rings. The number of nitrogens with two attached hydrogens (primary N) is 1. The van der Waals surface area contributed by atoms with Crippen molar-refractivity contribution in [3.63, 3.8) is 0 Å². The maximum atomic E-state index is 5.49. The van der Waals surface area contributed by atoms with Crippen molar-refractivity contribution in [3.8, 4) is 18.2 Å². The molecule has 0 saturated carbocycles. The molecule has 0 aliphatic carbocycles. The van der Waals surface area contributed by atoms with Gasteiger partial charge in [-0.2, -0.15) is 0 Å². The maximum absolute atomic E-state index is 5.49. The van der Waals surface area contributed by atoms with Gasteiger partial charge in [-0.05, 0) is 29.8 Å². The molecule has 0 bridgehead atoms. The molecule has 6 heteroatoms. The Bertz CT molecular complexity index is 400. The van der Waals surface area contributed by atoms with E-state index in [9.17, 15) is 0 Å². The third-order valence-electron chi connectivity index (χ3n) is 1.59. The number of nitrogens with zero attached hydrogens (tertiary/aromatic N) is 2. The molecule has 3 N–H and O–H groups in total. The molecule has 15 heavy (non-hydrogen) atoms. The highest BCUT2D eigenvalue weighted by Gasteiger charge is 2.19. The molecule has 5 nitrogen and oxygen atoms in total. The molecule has 0 radical (unpaired) electrons. The average molecular weight is 271 g/mol. The summed E-state index contributed by atoms with van der Waals surface area (Å²) in [6, 6.07) is 0. The third-order valence-corrected chi connectivity index (χ3v) is 2.31. The number of halogens is 1. The van der Waals surface area contributed by atoms with Crippen molar-refractivity contribution in [2.45, 2.75) is 19.4 Å². The van der Waals surface area contributed by atoms with Gasteiger partial charge in [0.25, 0.3) is 0 Å². The van der Waals surface area contributed by atoms with E-state index in [2.05, 4.69) is 37.2 Å². The SMILES string of the molecule is C#CC(C)(C)Oc1ncnc(NN)c1Br. The van der Waals surface area contributed by atoms with Crippen LogP contribution in [0.2, 0.25) is 0 Å². The fraction of sp³-hybridized carbons (Fsp3) is 0.333. The number of nitrogen functional groups attached to an aromatic ring is 1. The van der Waals surface area contributed by atoms with Gasteiger partial charge in [-0.15, -0.1) is 6.42 Å². The number of terminal acetylenes is 1. The van der Waals surface area contributed by atoms with Crippen LogP contribution < -0.4 is 16.0 Å². The Kier molecular flexibility index (Phi) is 3.50. The summed E-state index contributed by atoms with van der Waals surface area (Å²) in [7, 11) is 0. The van der Waals surface area contributed by atoms with E-state index in [1.165, 1.54) is 6.33 Å². The number of rotatable bonds is 3. The lowest BCUT2D eigenvalue weighted by Gasteiger charge is -2.20. The summed E-state index contributed by atoms with van der Waals surface area (Å²) >= 11 is 3.26. The monoisotopic (exact) mass is 270 g/mol. The van der Waals surface area contributed by atoms with Gasteiger partial charge in [-0.25, -0.2) is 15.8 Å². The minimum absolute atomic E-state index is 0.348. The molecule has 1 aromatic rings. The van der Waals surface area contributed by atoms with Crippen molar-refractivity contribution in [3.05, 3.63) is 10.8 Å². The molecule has 0 aromatic carbocycles. The van der Waals surface area contributed by atoms with Crippen molar-refractivity contribution in [2.75, 3.05) is 5.43 Å². The van der Waals surface area contributed by atoms with Crippen LogP contribution in [0.25, 0.3) is 0 Å². The Balaban J connectivity index is 3.02. The molecule has 0 aliphatic rings. The summed E-state index contributed by atoms with van der Waals surface area (Å²) < 4.78 is 6.03. The zero-order valence-electron chi connectivity index (χ0n) is 8.41. The van der Waals surface area contributed by atoms with Crippen LogP contribution in [0.3, 0.4) is 0 Å². The van der Waals surface area contributed by atoms with Gasteiger partial charge in [0.1, 0.15) is 10.8 Å². The predicted molar refractivity (Wildman–Crippen MR) is 61.1 cm³/mol. The van der Waals surface area contributed by atoms with Crippen LogP contribution in [-0.4, -0.2) is 15.6 Å². The number of nitrogens with one attached hydrogen (secondary N) is 1. The Morgan fingerprint density at radius 2 is 2.27 bits per heavy atom. The molecular formula is C9H11BrN4O. The maximum Gasteiger partial charge on any atom is 0.234 e. The number of ether oxygens (including phenoxy) is 1. The smallest absolute Gasteiger partial charge is 0.234 e. The highest BCUT2D eigenvalue weighted by atomic mass is 79.9. The molecule has 0 saturated heterocycles. The van der Waals surface area contributed by atoms with E-state index in [4.69, 9.17) is 17.0 Å². The number of anilines is 1. The van der Waals surface area contributed by atoms with E-state index in [-0.39, 0.29) is 0 Å². The molecule has 0 atom stereocenters. The van der Waals surface area contributed by atoms with Crippen molar-refractivity contribution in [1.82, 2.24) is 9.97 Å². The van der Waals surface area contributed by atoms with Gasteiger partial charge in [0.2, 0.25) is 5.88 Å². The van der Waals surface area contributed by atoms with E-state index in [1.54, 1.807) is 13.8 Å². The zero-order valence-corrected chi connectivity index (χ0v) is 10.00. The second kappa shape index (κ2) is 4.47. The van der Waals surface area contributed by atoms with Gasteiger partial charge in [0.15, 0.2) is 11.4 Å². The predicted octanol–water partition coefficient (Wildman–Crippen LogP) is 1.32. The Morgan fingerprint density at radius 1 is 1.60 bits per heavy atom. The summed E-state index contributed by atoms with van der Waals surface area (Å²) in [5.74, 6) is 8.53. The first kappa shape index (κ1) is 11.8. The lowest BCUT2D eigenvalue weighted by Crippen LogP contribution is -2.26. The standard InChI is InChI=1S/C9H11BrN4O/c1-4-9(2,3)15-8-6(10)7(14-11)12-5-13-8/h1,5H,11H2,2-3H3,(H,12,13,14). The van der Waals surface area contributed by atoms with Crippen molar-refractivity contribution in [2.24, 2.45) is 5.84 Å². The highest BCUT2D eigenvalue weighted by molar-refractivity contribution is 9.10. The lowest BCUT2D eigenvalue weighted by atomic mass is 10.1. The number of hydrazine groups is 1. The Morgan fingerprint density at radius 3 is 2.80 bits per heavy atom. The largest absolute Gasteiger partial charge is 0.457 e. The molecule has 0 spiro atoms. The lowest BCUT2D eigenvalue weighted by molar-refractivity contribution is 0.163. The first-order valence-corrected chi connectivity index (χ1v) is 4.93. The fourth-order valence-electron chi connectivity index (χ4n) is 0.797. The highest BCUT2D eigenvalue weighted by Crippen LogP contribution is 2.29. The number of hydrogen-bond donors (Lipinski definition) is 2. The van der Waals surface area contributed by atoms with Crippen LogP contribution in [0.5, 0.6) is 5.88 Å². The van der Waals surface area contributed by atoms with Crippen molar-refractivity contribution < 1.29 is 4.74 Å². The summed E-state index contributed by atoms with van der Waals surface area (Å²) in [6.45, 7) is 3.52. The first-order valence-electron chi connectivity index (χ1n) is 4.14. The second-order valence-electron chi connectivity index (χ2n) is 3.24. The second-order valence-corrected chi connectivity index (χ2v) is 4.04. The molecule has 0 aliphatic heterocycles. The molecular weight excluding hydrogens is 260 g/mol. The minimum atomic E-state index is -0.733. The van der Waals surface area contributed by atoms with Crippen LogP contribution >= 0.6 is 15.9 Å². The van der Waals surface area contributed by atoms with E-state index >= 15 is 0 Å². The molecule has 1 rings (SSSR count). The van der Waals surface area contributed by atoms with Gasteiger partial charge in [0, 0.05) is 0 Å². The van der Waals surface area contributed by atoms with Crippen LogP contribution in [0.15, 0.2) is 10.8 Å². The topological polar surface area (TPSA) is 73.1 Å². The van der Waals surface area contributed by atoms with E-state index in [0.717, 1.165) is 0 Å². The van der Waals surface area contributed by atoms with Crippen molar-refractivity contribution >= 4 is 21.7 Å². The summed E-state index contributed by atoms with van der Waals surface area (Å²) in [5.41, 5.74) is 1.68. The first-order chi connectivity index (χ1) is 7.00. The summed E-state index contributed by atoms with van der Waals surface area (Å²) in [5, 5.41) is 0. The molecule has 80 valence electrons. The van der Waals surface area contributed by atoms with Crippen LogP contribution in [-0.2, 0) is 0 Å². The average Bonchev–Trinajstić information content (AvgIpc) is 2.21. The Labute approximate surface area is 96.5 Å². The molecule has 1 heterocycles. The van der Waals surface area contributed by atoms with Gasteiger partial charge in [-0.3, -0.25) is 0 Å². The van der Waals surface area contributed by atoms with Gasteiger partial charge >= 0.3 is 0 Å². The molecule has 1 aromatic heterocycles. The van der Waals surface area contributed by atoms with Crippen LogP contribution in [0.4, 0.5) is 5.82 Å². The number of aromatic nitrogens is 2. The summed E-state index contributed by atoms with van der Waals surface area (Å²) in [6.07, 6.45) is 6.64. The summed E-state index contributed by atoms with van der Waals surface area (Å²) in [4.78, 5) is 7.84.